The quantitative estimate of drug-likeness (QED) is 0.459. The summed E-state index contributed by atoms with van der Waals surface area (Å²) < 4.78 is 1.31. The first-order valence-electron chi connectivity index (χ1n) is 9.89. The number of carbonyl (C=O) groups is 3. The number of nitrogens with one attached hydrogen (secondary N) is 3. The smallest absolute Gasteiger partial charge is 0.294 e. The van der Waals surface area contributed by atoms with Crippen LogP contribution >= 0.6 is 0 Å². The molecule has 0 saturated heterocycles. The number of ketones is 1. The highest BCUT2D eigenvalue weighted by molar-refractivity contribution is 6.03. The van der Waals surface area contributed by atoms with Crippen LogP contribution in [0.4, 0.5) is 0 Å². The van der Waals surface area contributed by atoms with Gasteiger partial charge in [-0.2, -0.15) is 5.10 Å². The summed E-state index contributed by atoms with van der Waals surface area (Å²) in [6.45, 7) is 3.85. The SMILES string of the molecule is CC1(C)CC(=O)c2cc(C(=O)NNC(=O)c3nn(-c4ccccc4)cc3O)c(=O)[nH]c2C1. The van der Waals surface area contributed by atoms with Crippen LogP contribution < -0.4 is 16.4 Å². The van der Waals surface area contributed by atoms with Crippen LogP contribution in [0.2, 0.25) is 0 Å². The number of amides is 2. The lowest BCUT2D eigenvalue weighted by molar-refractivity contribution is 0.0840. The molecule has 10 nitrogen and oxygen atoms in total. The average Bonchev–Trinajstić information content (AvgIpc) is 3.13. The molecule has 1 aliphatic carbocycles. The van der Waals surface area contributed by atoms with Crippen molar-refractivity contribution in [3.63, 3.8) is 0 Å². The van der Waals surface area contributed by atoms with Crippen molar-refractivity contribution >= 4 is 17.6 Å². The number of aromatic amines is 1. The third-order valence-electron chi connectivity index (χ3n) is 5.18. The van der Waals surface area contributed by atoms with Crippen molar-refractivity contribution in [1.82, 2.24) is 25.6 Å². The molecule has 0 radical (unpaired) electrons. The largest absolute Gasteiger partial charge is 0.504 e. The van der Waals surface area contributed by atoms with Crippen molar-refractivity contribution in [2.24, 2.45) is 5.41 Å². The molecular formula is C22H21N5O5. The number of pyridine rings is 1. The second kappa shape index (κ2) is 7.80. The fraction of sp³-hybridized carbons (Fsp3) is 0.227. The van der Waals surface area contributed by atoms with Gasteiger partial charge in [-0.3, -0.25) is 30.0 Å². The van der Waals surface area contributed by atoms with Gasteiger partial charge in [-0.05, 0) is 30.0 Å². The third-order valence-corrected chi connectivity index (χ3v) is 5.18. The highest BCUT2D eigenvalue weighted by Gasteiger charge is 2.32. The predicted molar refractivity (Wildman–Crippen MR) is 114 cm³/mol. The molecule has 0 spiro atoms. The van der Waals surface area contributed by atoms with E-state index in [4.69, 9.17) is 0 Å². The van der Waals surface area contributed by atoms with E-state index in [1.165, 1.54) is 16.9 Å². The molecule has 1 aromatic carbocycles. The van der Waals surface area contributed by atoms with Gasteiger partial charge in [-0.25, -0.2) is 4.68 Å². The Morgan fingerprint density at radius 2 is 1.78 bits per heavy atom. The summed E-state index contributed by atoms with van der Waals surface area (Å²) in [5, 5.41) is 14.1. The lowest BCUT2D eigenvalue weighted by atomic mass is 9.75. The zero-order valence-electron chi connectivity index (χ0n) is 17.4. The van der Waals surface area contributed by atoms with Gasteiger partial charge in [0.25, 0.3) is 17.4 Å². The monoisotopic (exact) mass is 435 g/mol. The van der Waals surface area contributed by atoms with Gasteiger partial charge < -0.3 is 10.1 Å². The van der Waals surface area contributed by atoms with E-state index in [2.05, 4.69) is 20.9 Å². The molecule has 4 rings (SSSR count). The number of hydrogen-bond acceptors (Lipinski definition) is 6. The first-order chi connectivity index (χ1) is 15.1. The van der Waals surface area contributed by atoms with Crippen molar-refractivity contribution in [2.45, 2.75) is 26.7 Å². The number of benzene rings is 1. The van der Waals surface area contributed by atoms with Crippen molar-refractivity contribution in [1.29, 1.82) is 0 Å². The topological polar surface area (TPSA) is 146 Å². The molecule has 32 heavy (non-hydrogen) atoms. The average molecular weight is 435 g/mol. The molecule has 0 unspecified atom stereocenters. The molecule has 3 aromatic rings. The van der Waals surface area contributed by atoms with Crippen LogP contribution in [0.1, 0.15) is 57.2 Å². The zero-order chi connectivity index (χ0) is 23.0. The van der Waals surface area contributed by atoms with Gasteiger partial charge in [0.15, 0.2) is 17.2 Å². The maximum absolute atomic E-state index is 12.5. The van der Waals surface area contributed by atoms with Crippen LogP contribution in [0.3, 0.4) is 0 Å². The fourth-order valence-electron chi connectivity index (χ4n) is 3.68. The standard InChI is InChI=1S/C22H21N5O5/c1-22(2)9-15-13(16(28)10-22)8-14(19(30)23-15)20(31)24-25-21(32)18-17(29)11-27(26-18)12-6-4-3-5-7-12/h3-8,11,29H,9-10H2,1-2H3,(H,23,30)(H,24,31)(H,25,32). The number of hydrazine groups is 1. The summed E-state index contributed by atoms with van der Waals surface area (Å²) in [5.74, 6) is -2.33. The van der Waals surface area contributed by atoms with Gasteiger partial charge >= 0.3 is 0 Å². The maximum atomic E-state index is 12.5. The van der Waals surface area contributed by atoms with Gasteiger partial charge in [-0.15, -0.1) is 0 Å². The fourth-order valence-corrected chi connectivity index (χ4v) is 3.68. The third kappa shape index (κ3) is 4.02. The number of Topliss-reactive ketones (excluding diaryl/α,β-unsaturated/α-hetero) is 1. The van der Waals surface area contributed by atoms with Crippen LogP contribution in [0.15, 0.2) is 47.4 Å². The number of nitrogens with zero attached hydrogens (tertiary/aromatic N) is 2. The molecule has 0 aliphatic heterocycles. The van der Waals surface area contributed by atoms with Gasteiger partial charge in [-0.1, -0.05) is 32.0 Å². The first-order valence-corrected chi connectivity index (χ1v) is 9.89. The summed E-state index contributed by atoms with van der Waals surface area (Å²) in [6.07, 6.45) is 2.06. The number of aromatic nitrogens is 3. The van der Waals surface area contributed by atoms with Crippen molar-refractivity contribution in [2.75, 3.05) is 0 Å². The van der Waals surface area contributed by atoms with Gasteiger partial charge in [0, 0.05) is 17.7 Å². The summed E-state index contributed by atoms with van der Waals surface area (Å²) in [5.41, 5.74) is 4.08. The Kier molecular flexibility index (Phi) is 5.13. The highest BCUT2D eigenvalue weighted by atomic mass is 16.3. The van der Waals surface area contributed by atoms with Crippen molar-refractivity contribution in [3.8, 4) is 11.4 Å². The van der Waals surface area contributed by atoms with Crippen LogP contribution in [-0.4, -0.2) is 37.5 Å². The van der Waals surface area contributed by atoms with Crippen LogP contribution in [-0.2, 0) is 6.42 Å². The van der Waals surface area contributed by atoms with E-state index in [0.717, 1.165) is 0 Å². The van der Waals surface area contributed by atoms with Crippen LogP contribution in [0.25, 0.3) is 5.69 Å². The predicted octanol–water partition coefficient (Wildman–Crippen LogP) is 1.50. The second-order valence-electron chi connectivity index (χ2n) is 8.40. The highest BCUT2D eigenvalue weighted by Crippen LogP contribution is 2.33. The zero-order valence-corrected chi connectivity index (χ0v) is 17.4. The molecule has 2 aromatic heterocycles. The number of hydrogen-bond donors (Lipinski definition) is 4. The number of para-hydroxylation sites is 1. The minimum absolute atomic E-state index is 0.165. The van der Waals surface area contributed by atoms with Gasteiger partial charge in [0.1, 0.15) is 5.56 Å². The van der Waals surface area contributed by atoms with E-state index >= 15 is 0 Å². The van der Waals surface area contributed by atoms with Crippen LogP contribution in [0.5, 0.6) is 5.75 Å². The summed E-state index contributed by atoms with van der Waals surface area (Å²) in [7, 11) is 0. The Hall–Kier alpha value is -4.21. The second-order valence-corrected chi connectivity index (χ2v) is 8.40. The Labute approximate surface area is 182 Å². The normalized spacial score (nSPS) is 14.5. The lowest BCUT2D eigenvalue weighted by Gasteiger charge is -2.29. The van der Waals surface area contributed by atoms with E-state index in [1.54, 1.807) is 24.3 Å². The Morgan fingerprint density at radius 3 is 2.50 bits per heavy atom. The van der Waals surface area contributed by atoms with Gasteiger partial charge in [0.05, 0.1) is 11.9 Å². The molecule has 2 heterocycles. The van der Waals surface area contributed by atoms with E-state index in [-0.39, 0.29) is 28.2 Å². The van der Waals surface area contributed by atoms with E-state index < -0.39 is 17.4 Å². The molecule has 0 saturated carbocycles. The Balaban J connectivity index is 1.50. The van der Waals surface area contributed by atoms with Crippen molar-refractivity contribution in [3.05, 3.63) is 75.5 Å². The number of fused-ring (bicyclic) bond motifs is 1. The van der Waals surface area contributed by atoms with E-state index in [9.17, 15) is 24.3 Å². The summed E-state index contributed by atoms with van der Waals surface area (Å²) >= 11 is 0. The molecule has 0 atom stereocenters. The number of rotatable bonds is 3. The van der Waals surface area contributed by atoms with Crippen LogP contribution in [0, 0.1) is 5.41 Å². The molecule has 1 aliphatic rings. The molecule has 10 heteroatoms. The van der Waals surface area contributed by atoms with Gasteiger partial charge in [0.2, 0.25) is 0 Å². The Morgan fingerprint density at radius 1 is 1.09 bits per heavy atom. The summed E-state index contributed by atoms with van der Waals surface area (Å²) in [6, 6.07) is 10.1. The molecule has 164 valence electrons. The number of carbonyl (C=O) groups excluding carboxylic acids is 3. The molecule has 2 amide bonds. The van der Waals surface area contributed by atoms with E-state index in [0.29, 0.717) is 29.8 Å². The molecule has 4 N–H and O–H groups in total. The molecular weight excluding hydrogens is 414 g/mol. The lowest BCUT2D eigenvalue weighted by Crippen LogP contribution is -2.44. The maximum Gasteiger partial charge on any atom is 0.294 e. The molecule has 0 fully saturated rings. The number of H-pyrrole nitrogens is 1. The number of aromatic hydroxyl groups is 1. The summed E-state index contributed by atoms with van der Waals surface area (Å²) in [4.78, 5) is 52.3. The minimum Gasteiger partial charge on any atom is -0.504 e. The molecule has 0 bridgehead atoms. The Bertz CT molecular complexity index is 1290. The first kappa shape index (κ1) is 21.0. The van der Waals surface area contributed by atoms with E-state index in [1.807, 2.05) is 19.9 Å². The van der Waals surface area contributed by atoms with Crippen molar-refractivity contribution < 1.29 is 19.5 Å². The minimum atomic E-state index is -0.901.